The van der Waals surface area contributed by atoms with Crippen molar-refractivity contribution in [3.05, 3.63) is 30.2 Å². The van der Waals surface area contributed by atoms with Gasteiger partial charge < -0.3 is 14.6 Å². The van der Waals surface area contributed by atoms with Crippen molar-refractivity contribution in [2.75, 3.05) is 14.2 Å². The highest BCUT2D eigenvalue weighted by atomic mass is 16.5. The summed E-state index contributed by atoms with van der Waals surface area (Å²) in [6.45, 7) is 0.558. The molecule has 84 valence electrons. The van der Waals surface area contributed by atoms with Gasteiger partial charge in [0.1, 0.15) is 5.75 Å². The Morgan fingerprint density at radius 3 is 2.94 bits per heavy atom. The molecule has 0 aliphatic heterocycles. The van der Waals surface area contributed by atoms with Crippen LogP contribution in [0.15, 0.2) is 28.8 Å². The molecule has 0 bridgehead atoms. The summed E-state index contributed by atoms with van der Waals surface area (Å²) >= 11 is 0. The highest BCUT2D eigenvalue weighted by molar-refractivity contribution is 5.63. The molecular weight excluding hydrogens is 206 g/mol. The molecule has 5 heteroatoms. The van der Waals surface area contributed by atoms with E-state index >= 15 is 0 Å². The third-order valence-electron chi connectivity index (χ3n) is 2.14. The van der Waals surface area contributed by atoms with Gasteiger partial charge in [-0.2, -0.15) is 4.98 Å². The summed E-state index contributed by atoms with van der Waals surface area (Å²) < 4.78 is 10.3. The summed E-state index contributed by atoms with van der Waals surface area (Å²) in [7, 11) is 3.44. The summed E-state index contributed by atoms with van der Waals surface area (Å²) in [6.07, 6.45) is 0. The van der Waals surface area contributed by atoms with Crippen LogP contribution < -0.4 is 10.1 Å². The Morgan fingerprint density at radius 2 is 2.19 bits per heavy atom. The third-order valence-corrected chi connectivity index (χ3v) is 2.14. The lowest BCUT2D eigenvalue weighted by Crippen LogP contribution is -2.04. The quantitative estimate of drug-likeness (QED) is 0.843. The van der Waals surface area contributed by atoms with E-state index in [9.17, 15) is 0 Å². The minimum absolute atomic E-state index is 0.544. The number of nitrogens with one attached hydrogen (secondary N) is 1. The van der Waals surface area contributed by atoms with Crippen LogP contribution in [-0.2, 0) is 6.54 Å². The maximum Gasteiger partial charge on any atom is 0.240 e. The minimum Gasteiger partial charge on any atom is -0.496 e. The van der Waals surface area contributed by atoms with Crippen LogP contribution in [0.4, 0.5) is 0 Å². The van der Waals surface area contributed by atoms with E-state index in [1.54, 1.807) is 7.11 Å². The van der Waals surface area contributed by atoms with Gasteiger partial charge >= 0.3 is 0 Å². The van der Waals surface area contributed by atoms with Gasteiger partial charge in [0.25, 0.3) is 0 Å². The Hall–Kier alpha value is -1.88. The summed E-state index contributed by atoms with van der Waals surface area (Å²) in [6, 6.07) is 7.57. The van der Waals surface area contributed by atoms with Crippen LogP contribution >= 0.6 is 0 Å². The molecule has 0 aliphatic rings. The van der Waals surface area contributed by atoms with Crippen LogP contribution in [-0.4, -0.2) is 24.3 Å². The molecule has 2 aromatic rings. The normalized spacial score (nSPS) is 10.4. The zero-order valence-electron chi connectivity index (χ0n) is 9.23. The Bertz CT molecular complexity index is 468. The molecule has 5 nitrogen and oxygen atoms in total. The van der Waals surface area contributed by atoms with E-state index in [-0.39, 0.29) is 0 Å². The van der Waals surface area contributed by atoms with Crippen LogP contribution in [0.25, 0.3) is 11.4 Å². The van der Waals surface area contributed by atoms with Crippen LogP contribution in [0, 0.1) is 0 Å². The van der Waals surface area contributed by atoms with E-state index in [0.29, 0.717) is 18.3 Å². The lowest BCUT2D eigenvalue weighted by atomic mass is 10.2. The van der Waals surface area contributed by atoms with E-state index in [1.165, 1.54) is 0 Å². The number of aromatic nitrogens is 2. The number of nitrogens with zero attached hydrogens (tertiary/aromatic N) is 2. The standard InChI is InChI=1S/C11H13N3O2/c1-12-7-10-13-11(14-16-10)8-5-3-4-6-9(8)15-2/h3-6,12H,7H2,1-2H3. The zero-order valence-corrected chi connectivity index (χ0v) is 9.23. The molecule has 0 saturated heterocycles. The van der Waals surface area contributed by atoms with E-state index in [4.69, 9.17) is 9.26 Å². The molecule has 1 N–H and O–H groups in total. The third kappa shape index (κ3) is 2.04. The van der Waals surface area contributed by atoms with Crippen molar-refractivity contribution in [1.82, 2.24) is 15.5 Å². The summed E-state index contributed by atoms with van der Waals surface area (Å²) in [5.74, 6) is 1.84. The maximum absolute atomic E-state index is 5.23. The smallest absolute Gasteiger partial charge is 0.240 e. The molecule has 0 spiro atoms. The fourth-order valence-electron chi connectivity index (χ4n) is 1.42. The molecule has 0 amide bonds. The molecule has 0 atom stereocenters. The lowest BCUT2D eigenvalue weighted by Gasteiger charge is -2.02. The van der Waals surface area contributed by atoms with E-state index in [1.807, 2.05) is 31.3 Å². The van der Waals surface area contributed by atoms with Crippen molar-refractivity contribution < 1.29 is 9.26 Å². The van der Waals surface area contributed by atoms with Gasteiger partial charge in [0, 0.05) is 0 Å². The first-order valence-electron chi connectivity index (χ1n) is 4.95. The van der Waals surface area contributed by atoms with Crippen LogP contribution in [0.1, 0.15) is 5.89 Å². The van der Waals surface area contributed by atoms with Crippen LogP contribution in [0.2, 0.25) is 0 Å². The Kier molecular flexibility index (Phi) is 3.16. The molecule has 0 fully saturated rings. The van der Waals surface area contributed by atoms with Crippen molar-refractivity contribution in [1.29, 1.82) is 0 Å². The Balaban J connectivity index is 2.34. The average molecular weight is 219 g/mol. The second-order valence-corrected chi connectivity index (χ2v) is 3.24. The van der Waals surface area contributed by atoms with Gasteiger partial charge in [0.15, 0.2) is 0 Å². The number of para-hydroxylation sites is 1. The minimum atomic E-state index is 0.544. The van der Waals surface area contributed by atoms with Gasteiger partial charge in [0.05, 0.1) is 19.2 Å². The highest BCUT2D eigenvalue weighted by Crippen LogP contribution is 2.26. The highest BCUT2D eigenvalue weighted by Gasteiger charge is 2.11. The first kappa shape index (κ1) is 10.6. The van der Waals surface area contributed by atoms with Gasteiger partial charge in [0.2, 0.25) is 11.7 Å². The second kappa shape index (κ2) is 4.76. The first-order chi connectivity index (χ1) is 7.85. The number of hydrogen-bond donors (Lipinski definition) is 1. The van der Waals surface area contributed by atoms with E-state index in [2.05, 4.69) is 15.5 Å². The van der Waals surface area contributed by atoms with Gasteiger partial charge in [-0.05, 0) is 19.2 Å². The van der Waals surface area contributed by atoms with Crippen molar-refractivity contribution in [2.24, 2.45) is 0 Å². The molecule has 2 rings (SSSR count). The molecule has 0 unspecified atom stereocenters. The van der Waals surface area contributed by atoms with Gasteiger partial charge in [-0.25, -0.2) is 0 Å². The monoisotopic (exact) mass is 219 g/mol. The van der Waals surface area contributed by atoms with Crippen molar-refractivity contribution in [3.8, 4) is 17.1 Å². The van der Waals surface area contributed by atoms with Gasteiger partial charge in [-0.1, -0.05) is 17.3 Å². The van der Waals surface area contributed by atoms with Crippen molar-refractivity contribution in [3.63, 3.8) is 0 Å². The molecule has 1 heterocycles. The number of benzene rings is 1. The Labute approximate surface area is 93.4 Å². The van der Waals surface area contributed by atoms with Crippen LogP contribution in [0.5, 0.6) is 5.75 Å². The summed E-state index contributed by atoms with van der Waals surface area (Å²) in [5, 5.41) is 6.86. The molecule has 0 aliphatic carbocycles. The second-order valence-electron chi connectivity index (χ2n) is 3.24. The fourth-order valence-corrected chi connectivity index (χ4v) is 1.42. The van der Waals surface area contributed by atoms with Gasteiger partial charge in [-0.3, -0.25) is 0 Å². The Morgan fingerprint density at radius 1 is 1.38 bits per heavy atom. The number of hydrogen-bond acceptors (Lipinski definition) is 5. The zero-order chi connectivity index (χ0) is 11.4. The summed E-state index contributed by atoms with van der Waals surface area (Å²) in [4.78, 5) is 4.26. The number of rotatable bonds is 4. The molecule has 1 aromatic heterocycles. The molecule has 0 saturated carbocycles. The molecular formula is C11H13N3O2. The van der Waals surface area contributed by atoms with Gasteiger partial charge in [-0.15, -0.1) is 0 Å². The predicted molar refractivity (Wildman–Crippen MR) is 59.0 cm³/mol. The molecule has 16 heavy (non-hydrogen) atoms. The molecule has 0 radical (unpaired) electrons. The SMILES string of the molecule is CNCc1nc(-c2ccccc2OC)no1. The summed E-state index contributed by atoms with van der Waals surface area (Å²) in [5.41, 5.74) is 0.830. The lowest BCUT2D eigenvalue weighted by molar-refractivity contribution is 0.371. The van der Waals surface area contributed by atoms with Crippen molar-refractivity contribution >= 4 is 0 Å². The topological polar surface area (TPSA) is 60.2 Å². The average Bonchev–Trinajstić information content (AvgIpc) is 2.78. The van der Waals surface area contributed by atoms with E-state index in [0.717, 1.165) is 11.3 Å². The van der Waals surface area contributed by atoms with E-state index < -0.39 is 0 Å². The number of methoxy groups -OCH3 is 1. The number of ether oxygens (including phenoxy) is 1. The largest absolute Gasteiger partial charge is 0.496 e. The predicted octanol–water partition coefficient (Wildman–Crippen LogP) is 1.46. The maximum atomic E-state index is 5.23. The first-order valence-corrected chi connectivity index (χ1v) is 4.95. The fraction of sp³-hybridized carbons (Fsp3) is 0.273. The van der Waals surface area contributed by atoms with Crippen LogP contribution in [0.3, 0.4) is 0 Å². The van der Waals surface area contributed by atoms with Crippen molar-refractivity contribution in [2.45, 2.75) is 6.54 Å². The molecule has 1 aromatic carbocycles.